The van der Waals surface area contributed by atoms with Crippen LogP contribution in [0.1, 0.15) is 65.6 Å². The molecule has 18 heavy (non-hydrogen) atoms. The van der Waals surface area contributed by atoms with E-state index >= 15 is 0 Å². The van der Waals surface area contributed by atoms with Gasteiger partial charge in [-0.2, -0.15) is 5.10 Å². The first-order chi connectivity index (χ1) is 8.27. The summed E-state index contributed by atoms with van der Waals surface area (Å²) in [4.78, 5) is 0. The number of rotatable bonds is 5. The lowest BCUT2D eigenvalue weighted by Crippen LogP contribution is -2.22. The lowest BCUT2D eigenvalue weighted by Gasteiger charge is -2.20. The Morgan fingerprint density at radius 1 is 1.28 bits per heavy atom. The number of aryl methyl sites for hydroxylation is 1. The minimum atomic E-state index is -0.166. The number of unbranched alkanes of at least 4 members (excludes halogenated alkanes) is 1. The van der Waals surface area contributed by atoms with Crippen LogP contribution >= 0.6 is 0 Å². The average Bonchev–Trinajstić information content (AvgIpc) is 2.53. The number of hydrogen-bond donors (Lipinski definition) is 1. The highest BCUT2D eigenvalue weighted by molar-refractivity contribution is 5.32. The first-order valence-corrected chi connectivity index (χ1v) is 7.07. The van der Waals surface area contributed by atoms with E-state index in [1.807, 2.05) is 0 Å². The SMILES string of the molecule is CCCCc1nn(C(C)(C)C)c(O)c1CC(C)C. The van der Waals surface area contributed by atoms with Crippen LogP contribution in [0.3, 0.4) is 0 Å². The van der Waals surface area contributed by atoms with E-state index in [0.29, 0.717) is 11.8 Å². The van der Waals surface area contributed by atoms with Gasteiger partial charge in [0.15, 0.2) is 0 Å². The average molecular weight is 252 g/mol. The minimum Gasteiger partial charge on any atom is -0.493 e. The Kier molecular flexibility index (Phi) is 4.83. The highest BCUT2D eigenvalue weighted by atomic mass is 16.3. The van der Waals surface area contributed by atoms with Crippen molar-refractivity contribution in [1.29, 1.82) is 0 Å². The van der Waals surface area contributed by atoms with Crippen LogP contribution in [0.15, 0.2) is 0 Å². The molecule has 1 N–H and O–H groups in total. The lowest BCUT2D eigenvalue weighted by molar-refractivity contribution is 0.291. The topological polar surface area (TPSA) is 38.0 Å². The maximum atomic E-state index is 10.4. The van der Waals surface area contributed by atoms with E-state index in [9.17, 15) is 5.11 Å². The van der Waals surface area contributed by atoms with Crippen LogP contribution in [0.25, 0.3) is 0 Å². The molecule has 3 heteroatoms. The molecule has 0 aliphatic rings. The van der Waals surface area contributed by atoms with E-state index in [2.05, 4.69) is 46.6 Å². The van der Waals surface area contributed by atoms with Gasteiger partial charge in [-0.3, -0.25) is 0 Å². The predicted molar refractivity (Wildman–Crippen MR) is 76.0 cm³/mol. The fraction of sp³-hybridized carbons (Fsp3) is 0.800. The van der Waals surface area contributed by atoms with Crippen LogP contribution < -0.4 is 0 Å². The van der Waals surface area contributed by atoms with Gasteiger partial charge in [0, 0.05) is 5.56 Å². The summed E-state index contributed by atoms with van der Waals surface area (Å²) in [6.45, 7) is 12.8. The van der Waals surface area contributed by atoms with Crippen molar-refractivity contribution >= 4 is 0 Å². The first-order valence-electron chi connectivity index (χ1n) is 7.07. The molecule has 1 aromatic rings. The maximum absolute atomic E-state index is 10.4. The second-order valence-corrected chi connectivity index (χ2v) is 6.53. The monoisotopic (exact) mass is 252 g/mol. The van der Waals surface area contributed by atoms with E-state index in [4.69, 9.17) is 0 Å². The van der Waals surface area contributed by atoms with Gasteiger partial charge >= 0.3 is 0 Å². The summed E-state index contributed by atoms with van der Waals surface area (Å²) in [5, 5.41) is 15.0. The van der Waals surface area contributed by atoms with E-state index in [1.165, 1.54) is 0 Å². The highest BCUT2D eigenvalue weighted by Gasteiger charge is 2.24. The van der Waals surface area contributed by atoms with Crippen LogP contribution in [0.5, 0.6) is 5.88 Å². The Balaban J connectivity index is 3.14. The van der Waals surface area contributed by atoms with Crippen molar-refractivity contribution < 1.29 is 5.11 Å². The molecule has 1 aromatic heterocycles. The van der Waals surface area contributed by atoms with Crippen molar-refractivity contribution in [3.63, 3.8) is 0 Å². The van der Waals surface area contributed by atoms with Crippen LogP contribution in [0, 0.1) is 5.92 Å². The Labute approximate surface area is 111 Å². The summed E-state index contributed by atoms with van der Waals surface area (Å²) >= 11 is 0. The number of aromatic hydroxyl groups is 1. The molecule has 0 radical (unpaired) electrons. The molecule has 1 heterocycles. The zero-order chi connectivity index (χ0) is 13.9. The van der Waals surface area contributed by atoms with E-state index in [1.54, 1.807) is 4.68 Å². The Morgan fingerprint density at radius 2 is 1.89 bits per heavy atom. The van der Waals surface area contributed by atoms with Crippen molar-refractivity contribution in [2.75, 3.05) is 0 Å². The summed E-state index contributed by atoms with van der Waals surface area (Å²) in [6.07, 6.45) is 4.16. The summed E-state index contributed by atoms with van der Waals surface area (Å²) in [5.74, 6) is 0.899. The highest BCUT2D eigenvalue weighted by Crippen LogP contribution is 2.30. The molecule has 0 aromatic carbocycles. The van der Waals surface area contributed by atoms with Crippen LogP contribution in [0.2, 0.25) is 0 Å². The van der Waals surface area contributed by atoms with Gasteiger partial charge in [0.25, 0.3) is 0 Å². The zero-order valence-corrected chi connectivity index (χ0v) is 12.7. The molecular weight excluding hydrogens is 224 g/mol. The predicted octanol–water partition coefficient (Wildman–Crippen LogP) is 3.88. The second-order valence-electron chi connectivity index (χ2n) is 6.53. The van der Waals surface area contributed by atoms with Crippen molar-refractivity contribution in [1.82, 2.24) is 9.78 Å². The van der Waals surface area contributed by atoms with Crippen LogP contribution in [-0.2, 0) is 18.4 Å². The minimum absolute atomic E-state index is 0.166. The third-order valence-electron chi connectivity index (χ3n) is 3.05. The van der Waals surface area contributed by atoms with Crippen molar-refractivity contribution in [2.45, 2.75) is 72.8 Å². The molecular formula is C15H28N2O. The molecule has 0 saturated carbocycles. The van der Waals surface area contributed by atoms with Gasteiger partial charge in [-0.1, -0.05) is 27.2 Å². The third kappa shape index (κ3) is 3.50. The third-order valence-corrected chi connectivity index (χ3v) is 3.05. The van der Waals surface area contributed by atoms with Gasteiger partial charge in [0.2, 0.25) is 5.88 Å². The molecule has 0 bridgehead atoms. The number of aromatic nitrogens is 2. The fourth-order valence-electron chi connectivity index (χ4n) is 2.12. The molecule has 3 nitrogen and oxygen atoms in total. The molecule has 0 saturated heterocycles. The van der Waals surface area contributed by atoms with Gasteiger partial charge in [-0.25, -0.2) is 4.68 Å². The van der Waals surface area contributed by atoms with Crippen molar-refractivity contribution in [2.24, 2.45) is 5.92 Å². The van der Waals surface area contributed by atoms with Crippen molar-refractivity contribution in [3.8, 4) is 5.88 Å². The zero-order valence-electron chi connectivity index (χ0n) is 12.7. The van der Waals surface area contributed by atoms with Gasteiger partial charge in [0.05, 0.1) is 11.2 Å². The van der Waals surface area contributed by atoms with Gasteiger partial charge < -0.3 is 5.11 Å². The summed E-state index contributed by atoms with van der Waals surface area (Å²) in [7, 11) is 0. The van der Waals surface area contributed by atoms with Crippen molar-refractivity contribution in [3.05, 3.63) is 11.3 Å². The number of hydrogen-bond acceptors (Lipinski definition) is 2. The van der Waals surface area contributed by atoms with Crippen LogP contribution in [0.4, 0.5) is 0 Å². The van der Waals surface area contributed by atoms with Gasteiger partial charge in [0.1, 0.15) is 0 Å². The van der Waals surface area contributed by atoms with E-state index in [-0.39, 0.29) is 5.54 Å². The van der Waals surface area contributed by atoms with E-state index < -0.39 is 0 Å². The quantitative estimate of drug-likeness (QED) is 0.863. The van der Waals surface area contributed by atoms with Gasteiger partial charge in [-0.05, 0) is 46.0 Å². The summed E-state index contributed by atoms with van der Waals surface area (Å²) in [6, 6.07) is 0. The maximum Gasteiger partial charge on any atom is 0.213 e. The molecule has 0 aliphatic carbocycles. The standard InChI is InChI=1S/C15H28N2O/c1-7-8-9-13-12(10-11(2)3)14(18)17(16-13)15(4,5)6/h11,18H,7-10H2,1-6H3. The molecule has 0 fully saturated rings. The Hall–Kier alpha value is -0.990. The summed E-state index contributed by atoms with van der Waals surface area (Å²) < 4.78 is 1.77. The Bertz CT molecular complexity index is 386. The normalized spacial score (nSPS) is 12.4. The molecule has 0 spiro atoms. The molecule has 0 atom stereocenters. The number of nitrogens with zero attached hydrogens (tertiary/aromatic N) is 2. The second kappa shape index (κ2) is 5.77. The molecule has 0 unspecified atom stereocenters. The molecule has 104 valence electrons. The molecule has 0 amide bonds. The molecule has 1 rings (SSSR count). The van der Waals surface area contributed by atoms with E-state index in [0.717, 1.165) is 36.9 Å². The largest absolute Gasteiger partial charge is 0.493 e. The summed E-state index contributed by atoms with van der Waals surface area (Å²) in [5.41, 5.74) is 1.96. The first kappa shape index (κ1) is 15.1. The Morgan fingerprint density at radius 3 is 2.33 bits per heavy atom. The fourth-order valence-corrected chi connectivity index (χ4v) is 2.12. The molecule has 0 aliphatic heterocycles. The van der Waals surface area contributed by atoms with Crippen LogP contribution in [-0.4, -0.2) is 14.9 Å². The lowest BCUT2D eigenvalue weighted by atomic mass is 10.0. The smallest absolute Gasteiger partial charge is 0.213 e. The van der Waals surface area contributed by atoms with Gasteiger partial charge in [-0.15, -0.1) is 0 Å².